The Labute approximate surface area is 123 Å². The van der Waals surface area contributed by atoms with Gasteiger partial charge in [0.25, 0.3) is 0 Å². The van der Waals surface area contributed by atoms with Gasteiger partial charge in [0.05, 0.1) is 21.7 Å². The smallest absolute Gasteiger partial charge is 0.242 e. The Morgan fingerprint density at radius 3 is 2.65 bits per heavy atom. The maximum absolute atomic E-state index is 12.2. The molecule has 0 atom stereocenters. The third-order valence-corrected chi connectivity index (χ3v) is 4.66. The number of benzene rings is 1. The Bertz CT molecular complexity index is 652. The SMILES string of the molecule is CC(=O)Nc1ccc(S(=O)(=O)N(C)CCC#N)cc1Cl. The quantitative estimate of drug-likeness (QED) is 0.897. The Hall–Kier alpha value is -1.62. The minimum absolute atomic E-state index is 0.0111. The molecule has 8 heteroatoms. The van der Waals surface area contributed by atoms with Gasteiger partial charge in [0, 0.05) is 26.9 Å². The van der Waals surface area contributed by atoms with E-state index in [0.29, 0.717) is 5.69 Å². The van der Waals surface area contributed by atoms with E-state index in [9.17, 15) is 13.2 Å². The highest BCUT2D eigenvalue weighted by Gasteiger charge is 2.21. The van der Waals surface area contributed by atoms with Gasteiger partial charge in [0.1, 0.15) is 0 Å². The number of halogens is 1. The molecule has 0 saturated heterocycles. The molecule has 0 aliphatic rings. The summed E-state index contributed by atoms with van der Waals surface area (Å²) in [7, 11) is -2.30. The topological polar surface area (TPSA) is 90.3 Å². The molecule has 0 unspecified atom stereocenters. The number of rotatable bonds is 5. The molecule has 1 aromatic carbocycles. The fourth-order valence-corrected chi connectivity index (χ4v) is 2.95. The molecule has 0 radical (unpaired) electrons. The van der Waals surface area contributed by atoms with Gasteiger partial charge < -0.3 is 5.32 Å². The van der Waals surface area contributed by atoms with Gasteiger partial charge in [0.15, 0.2) is 0 Å². The average Bonchev–Trinajstić information content (AvgIpc) is 2.37. The number of nitrogens with zero attached hydrogens (tertiary/aromatic N) is 2. The zero-order chi connectivity index (χ0) is 15.3. The van der Waals surface area contributed by atoms with Crippen LogP contribution in [0.4, 0.5) is 5.69 Å². The number of hydrogen-bond acceptors (Lipinski definition) is 4. The van der Waals surface area contributed by atoms with Crippen molar-refractivity contribution in [2.24, 2.45) is 0 Å². The van der Waals surface area contributed by atoms with Crippen LogP contribution in [-0.4, -0.2) is 32.2 Å². The van der Waals surface area contributed by atoms with Crippen molar-refractivity contribution in [2.75, 3.05) is 18.9 Å². The zero-order valence-electron chi connectivity index (χ0n) is 11.1. The van der Waals surface area contributed by atoms with E-state index in [1.165, 1.54) is 32.2 Å². The molecule has 1 amide bonds. The van der Waals surface area contributed by atoms with Crippen LogP contribution in [0.3, 0.4) is 0 Å². The molecule has 0 saturated carbocycles. The van der Waals surface area contributed by atoms with Crippen molar-refractivity contribution in [3.8, 4) is 6.07 Å². The molecule has 1 aromatic rings. The minimum Gasteiger partial charge on any atom is -0.325 e. The van der Waals surface area contributed by atoms with Crippen LogP contribution in [0, 0.1) is 11.3 Å². The maximum Gasteiger partial charge on any atom is 0.242 e. The van der Waals surface area contributed by atoms with E-state index in [2.05, 4.69) is 5.32 Å². The Morgan fingerprint density at radius 1 is 1.50 bits per heavy atom. The van der Waals surface area contributed by atoms with Gasteiger partial charge in [-0.05, 0) is 18.2 Å². The number of carbonyl (C=O) groups excluding carboxylic acids is 1. The number of carbonyl (C=O) groups is 1. The number of amides is 1. The molecule has 6 nitrogen and oxygen atoms in total. The summed E-state index contributed by atoms with van der Waals surface area (Å²) >= 11 is 5.94. The molecule has 108 valence electrons. The molecule has 0 bridgehead atoms. The fourth-order valence-electron chi connectivity index (χ4n) is 1.45. The summed E-state index contributed by atoms with van der Waals surface area (Å²) in [5.74, 6) is -0.298. The van der Waals surface area contributed by atoms with Gasteiger partial charge in [-0.1, -0.05) is 11.6 Å². The van der Waals surface area contributed by atoms with Crippen LogP contribution in [0.25, 0.3) is 0 Å². The number of nitriles is 1. The lowest BCUT2D eigenvalue weighted by Gasteiger charge is -2.16. The predicted octanol–water partition coefficient (Wildman–Crippen LogP) is 1.83. The molecule has 0 heterocycles. The Kier molecular flexibility index (Phi) is 5.51. The van der Waals surface area contributed by atoms with Crippen LogP contribution in [0.15, 0.2) is 23.1 Å². The second kappa shape index (κ2) is 6.70. The summed E-state index contributed by atoms with van der Waals surface area (Å²) in [5.41, 5.74) is 0.345. The fraction of sp³-hybridized carbons (Fsp3) is 0.333. The van der Waals surface area contributed by atoms with Crippen LogP contribution in [0.2, 0.25) is 5.02 Å². The molecule has 1 N–H and O–H groups in total. The molecule has 20 heavy (non-hydrogen) atoms. The van der Waals surface area contributed by atoms with E-state index < -0.39 is 10.0 Å². The van der Waals surface area contributed by atoms with Crippen molar-refractivity contribution in [2.45, 2.75) is 18.2 Å². The highest BCUT2D eigenvalue weighted by atomic mass is 35.5. The summed E-state index contributed by atoms with van der Waals surface area (Å²) in [6.45, 7) is 1.43. The van der Waals surface area contributed by atoms with Gasteiger partial charge in [-0.15, -0.1) is 0 Å². The molecular formula is C12H14ClN3O3S. The van der Waals surface area contributed by atoms with Crippen LogP contribution in [0.5, 0.6) is 0 Å². The average molecular weight is 316 g/mol. The van der Waals surface area contributed by atoms with Gasteiger partial charge in [-0.25, -0.2) is 8.42 Å². The number of sulfonamides is 1. The van der Waals surface area contributed by atoms with Gasteiger partial charge in [-0.2, -0.15) is 9.57 Å². The van der Waals surface area contributed by atoms with Crippen molar-refractivity contribution in [1.82, 2.24) is 4.31 Å². The van der Waals surface area contributed by atoms with E-state index in [1.807, 2.05) is 6.07 Å². The molecule has 0 spiro atoms. The maximum atomic E-state index is 12.2. The standard InChI is InChI=1S/C12H14ClN3O3S/c1-9(17)15-12-5-4-10(8-11(12)13)20(18,19)16(2)7-3-6-14/h4-5,8H,3,7H2,1-2H3,(H,15,17). The molecule has 0 aliphatic carbocycles. The largest absolute Gasteiger partial charge is 0.325 e. The van der Waals surface area contributed by atoms with Crippen molar-refractivity contribution in [1.29, 1.82) is 5.26 Å². The summed E-state index contributed by atoms with van der Waals surface area (Å²) in [6.07, 6.45) is 0.105. The van der Waals surface area contributed by atoms with Crippen molar-refractivity contribution < 1.29 is 13.2 Å². The minimum atomic E-state index is -3.69. The van der Waals surface area contributed by atoms with Crippen LogP contribution in [-0.2, 0) is 14.8 Å². The normalized spacial score (nSPS) is 11.2. The lowest BCUT2D eigenvalue weighted by molar-refractivity contribution is -0.114. The lowest BCUT2D eigenvalue weighted by atomic mass is 10.3. The summed E-state index contributed by atoms with van der Waals surface area (Å²) in [5, 5.41) is 11.1. The summed E-state index contributed by atoms with van der Waals surface area (Å²) in [6, 6.07) is 5.94. The number of nitrogens with one attached hydrogen (secondary N) is 1. The number of hydrogen-bond donors (Lipinski definition) is 1. The highest BCUT2D eigenvalue weighted by Crippen LogP contribution is 2.26. The first-order chi connectivity index (χ1) is 9.28. The Morgan fingerprint density at radius 2 is 2.15 bits per heavy atom. The van der Waals surface area contributed by atoms with E-state index >= 15 is 0 Å². The number of anilines is 1. The molecule has 0 aromatic heterocycles. The van der Waals surface area contributed by atoms with Gasteiger partial charge >= 0.3 is 0 Å². The molecule has 0 fully saturated rings. The second-order valence-corrected chi connectivity index (χ2v) is 6.51. The molecular weight excluding hydrogens is 302 g/mol. The predicted molar refractivity (Wildman–Crippen MR) is 75.8 cm³/mol. The van der Waals surface area contributed by atoms with Crippen molar-refractivity contribution in [3.05, 3.63) is 23.2 Å². The monoisotopic (exact) mass is 315 g/mol. The van der Waals surface area contributed by atoms with Gasteiger partial charge in [0.2, 0.25) is 15.9 Å². The molecule has 1 rings (SSSR count). The van der Waals surface area contributed by atoms with E-state index in [0.717, 1.165) is 4.31 Å². The van der Waals surface area contributed by atoms with Crippen LogP contribution in [0.1, 0.15) is 13.3 Å². The first kappa shape index (κ1) is 16.4. The van der Waals surface area contributed by atoms with Crippen molar-refractivity contribution in [3.63, 3.8) is 0 Å². The second-order valence-electron chi connectivity index (χ2n) is 4.06. The van der Waals surface area contributed by atoms with Crippen LogP contribution < -0.4 is 5.32 Å². The molecule has 0 aliphatic heterocycles. The van der Waals surface area contributed by atoms with Crippen molar-refractivity contribution >= 4 is 33.2 Å². The first-order valence-corrected chi connectivity index (χ1v) is 7.51. The third kappa shape index (κ3) is 3.93. The van der Waals surface area contributed by atoms with E-state index in [-0.39, 0.29) is 28.8 Å². The van der Waals surface area contributed by atoms with E-state index in [4.69, 9.17) is 16.9 Å². The first-order valence-electron chi connectivity index (χ1n) is 5.69. The summed E-state index contributed by atoms with van der Waals surface area (Å²) < 4.78 is 25.5. The highest BCUT2D eigenvalue weighted by molar-refractivity contribution is 7.89. The zero-order valence-corrected chi connectivity index (χ0v) is 12.6. The van der Waals surface area contributed by atoms with Gasteiger partial charge in [-0.3, -0.25) is 4.79 Å². The Balaban J connectivity index is 3.06. The third-order valence-electron chi connectivity index (χ3n) is 2.50. The summed E-state index contributed by atoms with van der Waals surface area (Å²) in [4.78, 5) is 11.0. The lowest BCUT2D eigenvalue weighted by Crippen LogP contribution is -2.27. The van der Waals surface area contributed by atoms with Crippen LogP contribution >= 0.6 is 11.6 Å². The van der Waals surface area contributed by atoms with E-state index in [1.54, 1.807) is 0 Å².